The Hall–Kier alpha value is -3.77. The number of rotatable bonds is 6. The van der Waals surface area contributed by atoms with E-state index in [2.05, 4.69) is 38.8 Å². The van der Waals surface area contributed by atoms with Crippen LogP contribution >= 0.6 is 11.6 Å². The number of H-pyrrole nitrogens is 1. The van der Waals surface area contributed by atoms with Gasteiger partial charge in [-0.2, -0.15) is 5.10 Å². The van der Waals surface area contributed by atoms with Gasteiger partial charge in [-0.3, -0.25) is 9.89 Å². The predicted molar refractivity (Wildman–Crippen MR) is 129 cm³/mol. The number of pyridine rings is 1. The molecule has 0 unspecified atom stereocenters. The first kappa shape index (κ1) is 20.2. The number of nitrogens with one attached hydrogen (secondary N) is 2. The van der Waals surface area contributed by atoms with Gasteiger partial charge in [-0.15, -0.1) is 0 Å². The molecule has 160 valence electrons. The monoisotopic (exact) mass is 443 g/mol. The molecule has 0 spiro atoms. The first-order chi connectivity index (χ1) is 15.6. The summed E-state index contributed by atoms with van der Waals surface area (Å²) in [5.74, 6) is 0. The summed E-state index contributed by atoms with van der Waals surface area (Å²) in [6.07, 6.45) is 8.12. The van der Waals surface area contributed by atoms with E-state index in [0.29, 0.717) is 18.1 Å². The van der Waals surface area contributed by atoms with E-state index < -0.39 is 0 Å². The summed E-state index contributed by atoms with van der Waals surface area (Å²) in [7, 11) is 0. The van der Waals surface area contributed by atoms with Crippen LogP contribution in [-0.2, 0) is 13.1 Å². The number of nitrogens with zero attached hydrogens (tertiary/aromatic N) is 3. The molecule has 0 saturated heterocycles. The number of hydrogen-bond donors (Lipinski definition) is 2. The van der Waals surface area contributed by atoms with Crippen molar-refractivity contribution in [3.8, 4) is 0 Å². The number of allylic oxidation sites excluding steroid dienone is 1. The molecule has 1 aliphatic rings. The molecule has 1 aliphatic heterocycles. The Kier molecular flexibility index (Phi) is 5.52. The summed E-state index contributed by atoms with van der Waals surface area (Å²) in [4.78, 5) is 14.1. The molecule has 2 aromatic carbocycles. The van der Waals surface area contributed by atoms with Crippen molar-refractivity contribution in [2.24, 2.45) is 0 Å². The van der Waals surface area contributed by atoms with Gasteiger partial charge in [0.25, 0.3) is 5.56 Å². The number of aromatic nitrogens is 3. The van der Waals surface area contributed by atoms with Crippen LogP contribution < -0.4 is 10.9 Å². The van der Waals surface area contributed by atoms with E-state index in [-0.39, 0.29) is 5.56 Å². The van der Waals surface area contributed by atoms with Crippen LogP contribution in [0, 0.1) is 0 Å². The zero-order valence-corrected chi connectivity index (χ0v) is 18.1. The third kappa shape index (κ3) is 4.45. The van der Waals surface area contributed by atoms with Gasteiger partial charge in [-0.05, 0) is 48.0 Å². The number of hydrogen-bond acceptors (Lipinski definition) is 4. The van der Waals surface area contributed by atoms with Crippen LogP contribution in [0.4, 0.5) is 5.69 Å². The molecule has 4 aromatic rings. The van der Waals surface area contributed by atoms with Gasteiger partial charge in [-0.25, -0.2) is 0 Å². The summed E-state index contributed by atoms with van der Waals surface area (Å²) < 4.78 is 1.69. The van der Waals surface area contributed by atoms with Gasteiger partial charge in [0.1, 0.15) is 0 Å². The van der Waals surface area contributed by atoms with E-state index in [9.17, 15) is 4.79 Å². The molecular weight excluding hydrogens is 422 g/mol. The third-order valence-electron chi connectivity index (χ3n) is 5.41. The van der Waals surface area contributed by atoms with E-state index in [1.165, 1.54) is 0 Å². The highest BCUT2D eigenvalue weighted by Gasteiger charge is 2.11. The maximum absolute atomic E-state index is 11.9. The van der Waals surface area contributed by atoms with E-state index in [1.54, 1.807) is 22.9 Å². The normalized spacial score (nSPS) is 13.4. The van der Waals surface area contributed by atoms with Crippen molar-refractivity contribution in [3.05, 3.63) is 118 Å². The molecule has 2 aromatic heterocycles. The lowest BCUT2D eigenvalue weighted by atomic mass is 10.2. The first-order valence-electron chi connectivity index (χ1n) is 10.4. The van der Waals surface area contributed by atoms with Crippen molar-refractivity contribution in [2.75, 3.05) is 11.9 Å². The largest absolute Gasteiger partial charge is 0.366 e. The fraction of sp³-hybridized carbons (Fsp3) is 0.120. The second-order valence-electron chi connectivity index (χ2n) is 7.77. The summed E-state index contributed by atoms with van der Waals surface area (Å²) in [5.41, 5.74) is 5.02. The Balaban J connectivity index is 1.26. The molecule has 7 heteroatoms. The number of halogens is 1. The number of aromatic amines is 1. The van der Waals surface area contributed by atoms with Crippen molar-refractivity contribution in [2.45, 2.75) is 13.1 Å². The van der Waals surface area contributed by atoms with Gasteiger partial charge in [0.15, 0.2) is 0 Å². The van der Waals surface area contributed by atoms with E-state index in [1.807, 2.05) is 48.5 Å². The van der Waals surface area contributed by atoms with Gasteiger partial charge in [-0.1, -0.05) is 35.9 Å². The smallest absolute Gasteiger partial charge is 0.250 e. The highest BCUT2D eigenvalue weighted by molar-refractivity contribution is 6.31. The van der Waals surface area contributed by atoms with Gasteiger partial charge >= 0.3 is 0 Å². The summed E-state index contributed by atoms with van der Waals surface area (Å²) in [5, 5.41) is 12.7. The molecule has 0 atom stereocenters. The summed E-state index contributed by atoms with van der Waals surface area (Å²) >= 11 is 6.16. The minimum absolute atomic E-state index is 0.000363. The lowest BCUT2D eigenvalue weighted by Gasteiger charge is -2.23. The number of anilines is 1. The van der Waals surface area contributed by atoms with Gasteiger partial charge < -0.3 is 14.8 Å². The third-order valence-corrected chi connectivity index (χ3v) is 5.64. The van der Waals surface area contributed by atoms with Crippen LogP contribution in [-0.4, -0.2) is 26.2 Å². The minimum atomic E-state index is -0.000363. The van der Waals surface area contributed by atoms with Crippen LogP contribution in [0.2, 0.25) is 5.02 Å². The number of benzene rings is 2. The first-order valence-corrected chi connectivity index (χ1v) is 10.8. The molecule has 0 bridgehead atoms. The van der Waals surface area contributed by atoms with Crippen LogP contribution in [0.3, 0.4) is 0 Å². The Bertz CT molecular complexity index is 1370. The van der Waals surface area contributed by atoms with Gasteiger partial charge in [0.05, 0.1) is 30.0 Å². The summed E-state index contributed by atoms with van der Waals surface area (Å²) in [6.45, 7) is 2.08. The summed E-state index contributed by atoms with van der Waals surface area (Å²) in [6, 6.07) is 19.0. The molecular formula is C25H22ClN5O. The van der Waals surface area contributed by atoms with Crippen LogP contribution in [0.1, 0.15) is 11.3 Å². The van der Waals surface area contributed by atoms with Gasteiger partial charge in [0.2, 0.25) is 0 Å². The average molecular weight is 444 g/mol. The molecule has 0 radical (unpaired) electrons. The van der Waals surface area contributed by atoms with Crippen molar-refractivity contribution in [1.29, 1.82) is 0 Å². The van der Waals surface area contributed by atoms with E-state index in [4.69, 9.17) is 11.6 Å². The fourth-order valence-corrected chi connectivity index (χ4v) is 3.97. The lowest BCUT2D eigenvalue weighted by molar-refractivity contribution is 0.398. The SMILES string of the molecule is O=c1ccccn1Cc1ccc(NC2=CN(Cc3[nH]nc4ccc(Cl)cc34)CC=C2)cc1. The molecule has 0 amide bonds. The van der Waals surface area contributed by atoms with Crippen LogP contribution in [0.25, 0.3) is 10.9 Å². The maximum atomic E-state index is 11.9. The molecule has 3 heterocycles. The second-order valence-corrected chi connectivity index (χ2v) is 8.21. The molecule has 2 N–H and O–H groups in total. The molecule has 32 heavy (non-hydrogen) atoms. The van der Waals surface area contributed by atoms with Crippen molar-refractivity contribution in [3.63, 3.8) is 0 Å². The minimum Gasteiger partial charge on any atom is -0.366 e. The maximum Gasteiger partial charge on any atom is 0.250 e. The highest BCUT2D eigenvalue weighted by atomic mass is 35.5. The molecule has 0 saturated carbocycles. The molecule has 6 nitrogen and oxygen atoms in total. The van der Waals surface area contributed by atoms with Crippen molar-refractivity contribution < 1.29 is 0 Å². The highest BCUT2D eigenvalue weighted by Crippen LogP contribution is 2.23. The Morgan fingerprint density at radius 3 is 2.78 bits per heavy atom. The quantitative estimate of drug-likeness (QED) is 0.451. The topological polar surface area (TPSA) is 66.0 Å². The predicted octanol–water partition coefficient (Wildman–Crippen LogP) is 4.75. The zero-order valence-electron chi connectivity index (χ0n) is 17.3. The van der Waals surface area contributed by atoms with E-state index in [0.717, 1.165) is 40.1 Å². The Morgan fingerprint density at radius 2 is 1.94 bits per heavy atom. The van der Waals surface area contributed by atoms with Crippen LogP contribution in [0.15, 0.2) is 95.7 Å². The molecule has 0 fully saturated rings. The van der Waals surface area contributed by atoms with Crippen molar-refractivity contribution in [1.82, 2.24) is 19.7 Å². The Labute approximate surface area is 190 Å². The number of fused-ring (bicyclic) bond motifs is 1. The van der Waals surface area contributed by atoms with Crippen molar-refractivity contribution >= 4 is 28.2 Å². The van der Waals surface area contributed by atoms with Gasteiger partial charge in [0, 0.05) is 41.1 Å². The molecule has 5 rings (SSSR count). The zero-order chi connectivity index (χ0) is 21.9. The average Bonchev–Trinajstić information content (AvgIpc) is 3.19. The Morgan fingerprint density at radius 1 is 1.06 bits per heavy atom. The lowest BCUT2D eigenvalue weighted by Crippen LogP contribution is -2.21. The fourth-order valence-electron chi connectivity index (χ4n) is 3.80. The standard InChI is InChI=1S/C25H22ClN5O/c26-19-8-11-23-22(14-19)24(29-28-23)17-30-12-3-4-21(16-30)27-20-9-6-18(7-10-20)15-31-13-2-1-5-25(31)32/h1-11,13-14,16,27H,12,15,17H2,(H,28,29). The van der Waals surface area contributed by atoms with Crippen LogP contribution in [0.5, 0.6) is 0 Å². The molecule has 0 aliphatic carbocycles. The second kappa shape index (κ2) is 8.77. The van der Waals surface area contributed by atoms with E-state index >= 15 is 0 Å².